The van der Waals surface area contributed by atoms with Crippen molar-refractivity contribution in [2.24, 2.45) is 0 Å². The van der Waals surface area contributed by atoms with Crippen LogP contribution < -0.4 is 0 Å². The third-order valence-electron chi connectivity index (χ3n) is 2.82. The van der Waals surface area contributed by atoms with Crippen LogP contribution in [0.15, 0.2) is 27.1 Å². The van der Waals surface area contributed by atoms with Crippen molar-refractivity contribution in [1.29, 1.82) is 0 Å². The van der Waals surface area contributed by atoms with Gasteiger partial charge >= 0.3 is 0 Å². The highest BCUT2D eigenvalue weighted by molar-refractivity contribution is 9.11. The summed E-state index contributed by atoms with van der Waals surface area (Å²) < 4.78 is 1.81. The summed E-state index contributed by atoms with van der Waals surface area (Å²) >= 11 is 12.8. The van der Waals surface area contributed by atoms with Crippen LogP contribution >= 0.6 is 43.5 Å². The Morgan fingerprint density at radius 1 is 1.18 bits per heavy atom. The molecule has 1 fully saturated rings. The van der Waals surface area contributed by atoms with E-state index in [1.54, 1.807) is 0 Å². The number of alkyl halides is 1. The van der Waals surface area contributed by atoms with Gasteiger partial charge in [0.05, 0.1) is 0 Å². The monoisotopic (exact) mass is 379 g/mol. The molecule has 1 aromatic rings. The van der Waals surface area contributed by atoms with Crippen molar-refractivity contribution in [2.45, 2.75) is 18.2 Å². The molecule has 0 atom stereocenters. The molecule has 1 aliphatic rings. The number of hydrogen-bond donors (Lipinski definition) is 0. The minimum absolute atomic E-state index is 0.0792. The number of carbonyl (C=O) groups excluding carboxylic acids is 1. The van der Waals surface area contributed by atoms with Crippen LogP contribution in [0.3, 0.4) is 0 Å². The summed E-state index contributed by atoms with van der Waals surface area (Å²) in [5.74, 6) is 0.0792. The van der Waals surface area contributed by atoms with Crippen molar-refractivity contribution < 1.29 is 4.79 Å². The molecule has 1 aliphatic heterocycles. The lowest BCUT2D eigenvalue weighted by Crippen LogP contribution is -2.38. The predicted molar refractivity (Wildman–Crippen MR) is 76.6 cm³/mol. The number of nitrogens with zero attached hydrogens (tertiary/aromatic N) is 1. The molecule has 0 spiro atoms. The van der Waals surface area contributed by atoms with E-state index in [1.807, 2.05) is 23.1 Å². The smallest absolute Gasteiger partial charge is 0.253 e. The number of carbonyl (C=O) groups is 1. The number of amides is 1. The Morgan fingerprint density at radius 3 is 2.24 bits per heavy atom. The van der Waals surface area contributed by atoms with Gasteiger partial charge in [-0.1, -0.05) is 31.9 Å². The molecule has 0 saturated carbocycles. The molecule has 2 rings (SSSR count). The van der Waals surface area contributed by atoms with Crippen LogP contribution in [0.2, 0.25) is 0 Å². The number of likely N-dealkylation sites (tertiary alicyclic amines) is 1. The van der Waals surface area contributed by atoms with Crippen LogP contribution in [0, 0.1) is 0 Å². The summed E-state index contributed by atoms with van der Waals surface area (Å²) in [5.41, 5.74) is 0.708. The molecule has 0 aromatic heterocycles. The number of piperidine rings is 1. The van der Waals surface area contributed by atoms with Crippen molar-refractivity contribution in [3.05, 3.63) is 32.7 Å². The predicted octanol–water partition coefficient (Wildman–Crippen LogP) is 4.06. The minimum Gasteiger partial charge on any atom is -0.339 e. The zero-order chi connectivity index (χ0) is 12.4. The highest BCUT2D eigenvalue weighted by Crippen LogP contribution is 2.23. The minimum atomic E-state index is 0.0792. The van der Waals surface area contributed by atoms with E-state index in [2.05, 4.69) is 31.9 Å². The molecule has 0 unspecified atom stereocenters. The molecule has 0 radical (unpaired) electrons. The Kier molecular flexibility index (Phi) is 4.50. The fraction of sp³-hybridized carbons (Fsp3) is 0.417. The van der Waals surface area contributed by atoms with E-state index in [1.165, 1.54) is 0 Å². The van der Waals surface area contributed by atoms with Crippen molar-refractivity contribution in [1.82, 2.24) is 4.90 Å². The molecule has 92 valence electrons. The van der Waals surface area contributed by atoms with Gasteiger partial charge in [0.1, 0.15) is 0 Å². The van der Waals surface area contributed by atoms with Gasteiger partial charge in [0, 0.05) is 33.0 Å². The molecule has 2 nitrogen and oxygen atoms in total. The fourth-order valence-corrected chi connectivity index (χ4v) is 3.40. The van der Waals surface area contributed by atoms with Crippen LogP contribution in [0.1, 0.15) is 23.2 Å². The Balaban J connectivity index is 2.14. The van der Waals surface area contributed by atoms with E-state index < -0.39 is 0 Å². The fourth-order valence-electron chi connectivity index (χ4n) is 1.91. The lowest BCUT2D eigenvalue weighted by Gasteiger charge is -2.29. The lowest BCUT2D eigenvalue weighted by atomic mass is 10.1. The number of hydrogen-bond acceptors (Lipinski definition) is 1. The highest BCUT2D eigenvalue weighted by atomic mass is 79.9. The summed E-state index contributed by atoms with van der Waals surface area (Å²) in [7, 11) is 0. The Bertz CT molecular complexity index is 410. The van der Waals surface area contributed by atoms with Crippen LogP contribution in [0.25, 0.3) is 0 Å². The summed E-state index contributed by atoms with van der Waals surface area (Å²) in [6, 6.07) is 5.61. The quantitative estimate of drug-likeness (QED) is 0.672. The van der Waals surface area contributed by atoms with Crippen molar-refractivity contribution in [3.63, 3.8) is 0 Å². The zero-order valence-electron chi connectivity index (χ0n) is 9.13. The van der Waals surface area contributed by atoms with Gasteiger partial charge in [-0.3, -0.25) is 4.79 Å². The topological polar surface area (TPSA) is 20.3 Å². The summed E-state index contributed by atoms with van der Waals surface area (Å²) in [4.78, 5) is 14.1. The van der Waals surface area contributed by atoms with Crippen molar-refractivity contribution >= 4 is 49.4 Å². The summed E-state index contributed by atoms with van der Waals surface area (Å²) in [6.45, 7) is 1.49. The largest absolute Gasteiger partial charge is 0.339 e. The van der Waals surface area contributed by atoms with Crippen molar-refractivity contribution in [3.8, 4) is 0 Å². The molecule has 0 bridgehead atoms. The molecule has 1 amide bonds. The van der Waals surface area contributed by atoms with Crippen molar-refractivity contribution in [2.75, 3.05) is 13.1 Å². The molecule has 5 heteroatoms. The number of benzene rings is 1. The van der Waals surface area contributed by atoms with Crippen LogP contribution in [0.4, 0.5) is 0 Å². The maximum absolute atomic E-state index is 12.3. The Hall–Kier alpha value is -0.0600. The van der Waals surface area contributed by atoms with Crippen LogP contribution in [-0.2, 0) is 0 Å². The van der Waals surface area contributed by atoms with Gasteiger partial charge in [-0.25, -0.2) is 0 Å². The molecule has 17 heavy (non-hydrogen) atoms. The van der Waals surface area contributed by atoms with Gasteiger partial charge in [0.15, 0.2) is 0 Å². The van der Waals surface area contributed by atoms with E-state index in [4.69, 9.17) is 11.6 Å². The molecular formula is C12H12Br2ClNO. The summed E-state index contributed by atoms with van der Waals surface area (Å²) in [6.07, 6.45) is 1.75. The van der Waals surface area contributed by atoms with Gasteiger partial charge in [-0.2, -0.15) is 0 Å². The van der Waals surface area contributed by atoms with Gasteiger partial charge in [-0.05, 0) is 31.0 Å². The SMILES string of the molecule is O=C(c1cc(Br)cc(Br)c1)N1CCC(Cl)CC1. The Labute approximate surface area is 123 Å². The first-order chi connectivity index (χ1) is 8.06. The van der Waals surface area contributed by atoms with E-state index in [9.17, 15) is 4.79 Å². The number of rotatable bonds is 1. The maximum Gasteiger partial charge on any atom is 0.253 e. The van der Waals surface area contributed by atoms with Gasteiger partial charge in [0.2, 0.25) is 0 Å². The second-order valence-electron chi connectivity index (χ2n) is 4.12. The summed E-state index contributed by atoms with van der Waals surface area (Å²) in [5, 5.41) is 0.216. The van der Waals surface area contributed by atoms with Gasteiger partial charge in [0.25, 0.3) is 5.91 Å². The van der Waals surface area contributed by atoms with Crippen LogP contribution in [-0.4, -0.2) is 29.3 Å². The second-order valence-corrected chi connectivity index (χ2v) is 6.57. The molecular weight excluding hydrogens is 369 g/mol. The normalized spacial score (nSPS) is 17.2. The Morgan fingerprint density at radius 2 is 1.71 bits per heavy atom. The first kappa shape index (κ1) is 13.4. The zero-order valence-corrected chi connectivity index (χ0v) is 13.1. The molecule has 0 aliphatic carbocycles. The van der Waals surface area contributed by atoms with Gasteiger partial charge < -0.3 is 4.90 Å². The molecule has 0 N–H and O–H groups in total. The van der Waals surface area contributed by atoms with E-state index in [0.717, 1.165) is 34.9 Å². The van der Waals surface area contributed by atoms with E-state index >= 15 is 0 Å². The first-order valence-electron chi connectivity index (χ1n) is 5.45. The third kappa shape index (κ3) is 3.46. The number of halogens is 3. The molecule has 1 aromatic carbocycles. The standard InChI is InChI=1S/C12H12Br2ClNO/c13-9-5-8(6-10(14)7-9)12(17)16-3-1-11(15)2-4-16/h5-7,11H,1-4H2. The first-order valence-corrected chi connectivity index (χ1v) is 7.48. The second kappa shape index (κ2) is 5.72. The van der Waals surface area contributed by atoms with E-state index in [-0.39, 0.29) is 11.3 Å². The lowest BCUT2D eigenvalue weighted by molar-refractivity contribution is 0.0726. The molecule has 1 saturated heterocycles. The highest BCUT2D eigenvalue weighted by Gasteiger charge is 2.22. The third-order valence-corrected chi connectivity index (χ3v) is 4.17. The maximum atomic E-state index is 12.3. The average molecular weight is 381 g/mol. The van der Waals surface area contributed by atoms with Crippen LogP contribution in [0.5, 0.6) is 0 Å². The average Bonchev–Trinajstić information content (AvgIpc) is 2.28. The van der Waals surface area contributed by atoms with Gasteiger partial charge in [-0.15, -0.1) is 11.6 Å². The molecule has 1 heterocycles. The van der Waals surface area contributed by atoms with E-state index in [0.29, 0.717) is 5.56 Å².